The van der Waals surface area contributed by atoms with E-state index in [0.29, 0.717) is 0 Å². The summed E-state index contributed by atoms with van der Waals surface area (Å²) >= 11 is 3.73. The highest BCUT2D eigenvalue weighted by molar-refractivity contribution is 7.26. The van der Waals surface area contributed by atoms with Crippen LogP contribution in [-0.4, -0.2) is 0 Å². The predicted octanol–water partition coefficient (Wildman–Crippen LogP) is 18.4. The molecule has 0 amide bonds. The van der Waals surface area contributed by atoms with Crippen molar-refractivity contribution in [1.29, 1.82) is 0 Å². The van der Waals surface area contributed by atoms with Crippen molar-refractivity contribution in [2.75, 3.05) is 9.80 Å². The first kappa shape index (κ1) is 38.0. The maximum absolute atomic E-state index is 2.48. The van der Waals surface area contributed by atoms with Crippen LogP contribution in [0.2, 0.25) is 0 Å². The van der Waals surface area contributed by atoms with Gasteiger partial charge < -0.3 is 9.80 Å². The summed E-state index contributed by atoms with van der Waals surface area (Å²) in [5.41, 5.74) is 13.9. The molecule has 0 saturated heterocycles. The molecule has 0 aliphatic carbocycles. The maximum atomic E-state index is 2.48. The fourth-order valence-corrected chi connectivity index (χ4v) is 11.7. The SMILES string of the molecule is c1ccc(-c2ccc(N(c3cccc(-c4ccccc4)c3)c3cccc4sc5c(N(c6ccccc6)c6ccccc6-c6cccc7sc8ccccc8c67)cccc5c34)cc2)cc1. The molecule has 12 aromatic rings. The summed E-state index contributed by atoms with van der Waals surface area (Å²) in [6.45, 7) is 0. The Hall–Kier alpha value is -7.76. The van der Waals surface area contributed by atoms with Gasteiger partial charge in [-0.05, 0) is 101 Å². The van der Waals surface area contributed by atoms with E-state index in [0.717, 1.165) is 34.1 Å². The molecule has 0 spiro atoms. The second kappa shape index (κ2) is 16.2. The molecule has 0 aliphatic rings. The van der Waals surface area contributed by atoms with E-state index in [9.17, 15) is 0 Å². The van der Waals surface area contributed by atoms with Crippen molar-refractivity contribution >= 4 is 97.1 Å². The molecule has 2 heterocycles. The largest absolute Gasteiger partial charge is 0.310 e. The number of benzene rings is 10. The Kier molecular flexibility index (Phi) is 9.59. The molecule has 10 aromatic carbocycles. The van der Waals surface area contributed by atoms with Crippen molar-refractivity contribution in [2.24, 2.45) is 0 Å². The Morgan fingerprint density at radius 2 is 0.766 bits per heavy atom. The van der Waals surface area contributed by atoms with E-state index >= 15 is 0 Å². The lowest BCUT2D eigenvalue weighted by molar-refractivity contribution is 1.30. The van der Waals surface area contributed by atoms with E-state index < -0.39 is 0 Å². The number of rotatable bonds is 9. The summed E-state index contributed by atoms with van der Waals surface area (Å²) in [6, 6.07) is 88.3. The Labute approximate surface area is 380 Å². The molecular weight excluding hydrogens is 813 g/mol. The maximum Gasteiger partial charge on any atom is 0.0640 e. The van der Waals surface area contributed by atoms with Crippen molar-refractivity contribution < 1.29 is 0 Å². The third-order valence-corrected chi connectivity index (χ3v) is 14.6. The number of para-hydroxylation sites is 2. The Balaban J connectivity index is 1.07. The van der Waals surface area contributed by atoms with E-state index in [2.05, 4.69) is 252 Å². The molecule has 0 bridgehead atoms. The summed E-state index contributed by atoms with van der Waals surface area (Å²) in [5, 5.41) is 5.06. The van der Waals surface area contributed by atoms with Gasteiger partial charge in [-0.3, -0.25) is 0 Å². The highest BCUT2D eigenvalue weighted by Crippen LogP contribution is 2.51. The normalized spacial score (nSPS) is 11.4. The molecule has 4 heteroatoms. The molecule has 12 rings (SSSR count). The number of fused-ring (bicyclic) bond motifs is 6. The van der Waals surface area contributed by atoms with Crippen molar-refractivity contribution in [3.63, 3.8) is 0 Å². The quantitative estimate of drug-likeness (QED) is 0.143. The third kappa shape index (κ3) is 6.63. The van der Waals surface area contributed by atoms with Crippen molar-refractivity contribution in [1.82, 2.24) is 0 Å². The van der Waals surface area contributed by atoms with Crippen LogP contribution in [0, 0.1) is 0 Å². The van der Waals surface area contributed by atoms with Gasteiger partial charge in [0.05, 0.1) is 21.8 Å². The first-order valence-corrected chi connectivity index (χ1v) is 23.3. The second-order valence-electron chi connectivity index (χ2n) is 16.0. The van der Waals surface area contributed by atoms with Crippen LogP contribution in [0.4, 0.5) is 34.1 Å². The van der Waals surface area contributed by atoms with Crippen molar-refractivity contribution in [3.8, 4) is 33.4 Å². The number of anilines is 6. The lowest BCUT2D eigenvalue weighted by Gasteiger charge is -2.29. The molecule has 0 N–H and O–H groups in total. The summed E-state index contributed by atoms with van der Waals surface area (Å²) < 4.78 is 5.08. The van der Waals surface area contributed by atoms with Gasteiger partial charge in [0.25, 0.3) is 0 Å². The van der Waals surface area contributed by atoms with E-state index in [1.165, 1.54) is 73.7 Å². The van der Waals surface area contributed by atoms with Crippen LogP contribution in [0.5, 0.6) is 0 Å². The first-order valence-electron chi connectivity index (χ1n) is 21.7. The zero-order valence-electron chi connectivity index (χ0n) is 34.8. The van der Waals surface area contributed by atoms with Crippen LogP contribution in [-0.2, 0) is 0 Å². The Morgan fingerprint density at radius 3 is 1.56 bits per heavy atom. The van der Waals surface area contributed by atoms with Crippen molar-refractivity contribution in [2.45, 2.75) is 0 Å². The Morgan fingerprint density at radius 1 is 0.266 bits per heavy atom. The fourth-order valence-electron chi connectivity index (χ4n) is 9.37. The van der Waals surface area contributed by atoms with Gasteiger partial charge in [-0.15, -0.1) is 22.7 Å². The van der Waals surface area contributed by atoms with Crippen LogP contribution in [0.1, 0.15) is 0 Å². The molecule has 0 saturated carbocycles. The van der Waals surface area contributed by atoms with Crippen LogP contribution in [0.25, 0.3) is 73.7 Å². The lowest BCUT2D eigenvalue weighted by Crippen LogP contribution is -2.11. The molecule has 64 heavy (non-hydrogen) atoms. The number of hydrogen-bond acceptors (Lipinski definition) is 4. The molecule has 0 aliphatic heterocycles. The minimum absolute atomic E-state index is 1.10. The van der Waals surface area contributed by atoms with Gasteiger partial charge in [-0.2, -0.15) is 0 Å². The molecule has 2 nitrogen and oxygen atoms in total. The molecule has 302 valence electrons. The summed E-state index contributed by atoms with van der Waals surface area (Å²) in [4.78, 5) is 4.92. The fraction of sp³-hybridized carbons (Fsp3) is 0. The van der Waals surface area contributed by atoms with Crippen LogP contribution in [0.3, 0.4) is 0 Å². The van der Waals surface area contributed by atoms with Crippen LogP contribution >= 0.6 is 22.7 Å². The average molecular weight is 853 g/mol. The number of nitrogens with zero attached hydrogens (tertiary/aromatic N) is 2. The van der Waals surface area contributed by atoms with E-state index in [-0.39, 0.29) is 0 Å². The summed E-state index contributed by atoms with van der Waals surface area (Å²) in [7, 11) is 0. The number of hydrogen-bond donors (Lipinski definition) is 0. The molecule has 2 aromatic heterocycles. The summed E-state index contributed by atoms with van der Waals surface area (Å²) in [6.07, 6.45) is 0. The smallest absolute Gasteiger partial charge is 0.0640 e. The molecule has 0 fully saturated rings. The van der Waals surface area contributed by atoms with Gasteiger partial charge in [0.2, 0.25) is 0 Å². The predicted molar refractivity (Wildman–Crippen MR) is 278 cm³/mol. The summed E-state index contributed by atoms with van der Waals surface area (Å²) in [5.74, 6) is 0. The van der Waals surface area contributed by atoms with Gasteiger partial charge in [0.15, 0.2) is 0 Å². The molecular formula is C60H40N2S2. The lowest BCUT2D eigenvalue weighted by atomic mass is 9.97. The standard InChI is InChI=1S/C60H40N2S2/c1-4-18-41(19-5-1)43-36-38-46(39-37-43)61(47-25-14-22-44(40-47)42-20-6-2-7-21-42)53-31-17-35-57-59(53)51-29-15-32-54(60(51)64-57)62(45-23-8-3-9-24-45)52-30-12-10-26-48(52)49-28-16-34-56-58(49)50-27-11-13-33-55(50)63-56/h1-40H. The minimum atomic E-state index is 1.10. The molecule has 0 atom stereocenters. The second-order valence-corrected chi connectivity index (χ2v) is 18.2. The highest BCUT2D eigenvalue weighted by Gasteiger charge is 2.25. The van der Waals surface area contributed by atoms with E-state index in [1.807, 2.05) is 22.7 Å². The average Bonchev–Trinajstić information content (AvgIpc) is 3.95. The third-order valence-electron chi connectivity index (χ3n) is 12.3. The molecule has 0 radical (unpaired) electrons. The van der Waals surface area contributed by atoms with E-state index in [1.54, 1.807) is 0 Å². The van der Waals surface area contributed by atoms with Crippen LogP contribution in [0.15, 0.2) is 243 Å². The van der Waals surface area contributed by atoms with Gasteiger partial charge in [-0.1, -0.05) is 170 Å². The van der Waals surface area contributed by atoms with Crippen LogP contribution < -0.4 is 9.80 Å². The highest BCUT2D eigenvalue weighted by atomic mass is 32.1. The van der Waals surface area contributed by atoms with Gasteiger partial charge in [0, 0.05) is 58.3 Å². The Bertz CT molecular complexity index is 3610. The van der Waals surface area contributed by atoms with E-state index in [4.69, 9.17) is 0 Å². The number of thiophene rings is 2. The topological polar surface area (TPSA) is 6.48 Å². The monoisotopic (exact) mass is 852 g/mol. The van der Waals surface area contributed by atoms with Gasteiger partial charge in [-0.25, -0.2) is 0 Å². The minimum Gasteiger partial charge on any atom is -0.310 e. The molecule has 0 unspecified atom stereocenters. The zero-order chi connectivity index (χ0) is 42.4. The van der Waals surface area contributed by atoms with Gasteiger partial charge >= 0.3 is 0 Å². The van der Waals surface area contributed by atoms with Crippen molar-refractivity contribution in [3.05, 3.63) is 243 Å². The zero-order valence-corrected chi connectivity index (χ0v) is 36.4. The van der Waals surface area contributed by atoms with Gasteiger partial charge in [0.1, 0.15) is 0 Å². The first-order chi connectivity index (χ1) is 31.8.